The van der Waals surface area contributed by atoms with Crippen molar-refractivity contribution in [2.75, 3.05) is 26.7 Å². The lowest BCUT2D eigenvalue weighted by Gasteiger charge is -2.29. The summed E-state index contributed by atoms with van der Waals surface area (Å²) in [5.41, 5.74) is 0.315. The van der Waals surface area contributed by atoms with Crippen LogP contribution in [0.15, 0.2) is 84.4 Å². The van der Waals surface area contributed by atoms with E-state index in [2.05, 4.69) is 21.3 Å². The number of rotatable bonds is 24. The van der Waals surface area contributed by atoms with Crippen molar-refractivity contribution in [3.63, 3.8) is 0 Å². The highest BCUT2D eigenvalue weighted by molar-refractivity contribution is 6.12. The lowest BCUT2D eigenvalue weighted by atomic mass is 9.86. The number of cyclic esters (lactones) is 1. The van der Waals surface area contributed by atoms with Gasteiger partial charge in [-0.3, -0.25) is 28.9 Å². The smallest absolute Gasteiger partial charge is 0.407 e. The van der Waals surface area contributed by atoms with Gasteiger partial charge in [-0.15, -0.1) is 0 Å². The zero-order valence-electron chi connectivity index (χ0n) is 35.5. The van der Waals surface area contributed by atoms with E-state index >= 15 is 0 Å². The molecule has 4 atom stereocenters. The number of imide groups is 1. The van der Waals surface area contributed by atoms with Crippen molar-refractivity contribution in [1.29, 1.82) is 0 Å². The number of hydrogen-bond donors (Lipinski definition) is 4. The fourth-order valence-electron chi connectivity index (χ4n) is 5.93. The van der Waals surface area contributed by atoms with Crippen LogP contribution in [0.25, 0.3) is 0 Å². The van der Waals surface area contributed by atoms with E-state index in [0.29, 0.717) is 71.0 Å². The SMILES string of the molecule is C/C=C\C[C@@H](C/C=C\NC(=O)[C@@H](NC(=O)\C=C/C=C\C(C)=C\[C@H](C)[C@@H]1CC=C(OC)C(=O)O1)C(C)(C)C)OC(=O)NCCCNC(=O)CCCCCN1C(=O)C=CC1=O. The second-order valence-corrected chi connectivity index (χ2v) is 15.3. The minimum absolute atomic E-state index is 0.0373. The summed E-state index contributed by atoms with van der Waals surface area (Å²) in [7, 11) is 1.43. The van der Waals surface area contributed by atoms with Crippen LogP contribution in [0.4, 0.5) is 4.79 Å². The third-order valence-electron chi connectivity index (χ3n) is 9.24. The highest BCUT2D eigenvalue weighted by Crippen LogP contribution is 2.23. The van der Waals surface area contributed by atoms with Crippen LogP contribution in [-0.2, 0) is 43.0 Å². The van der Waals surface area contributed by atoms with Gasteiger partial charge in [0.1, 0.15) is 18.2 Å². The molecule has 0 aromatic rings. The van der Waals surface area contributed by atoms with Gasteiger partial charge in [0.05, 0.1) is 7.11 Å². The Morgan fingerprint density at radius 3 is 2.29 bits per heavy atom. The summed E-state index contributed by atoms with van der Waals surface area (Å²) in [4.78, 5) is 86.9. The standard InChI is InChI=1S/C44H63N5O10/c1-8-9-18-33(58-43(56)47-28-16-27-45-36(50)20-11-10-14-29-49-38(52)24-25-39(49)53)19-15-26-46-41(54)40(44(4,5)6)48-37(51)21-13-12-17-31(2)30-32(3)34-22-23-35(57-7)42(55)59-34/h8-9,12-13,15,17,21,23-26,30,32-34,40H,10-11,14,16,18-20,22,27-29H2,1-7H3,(H,45,50)(H,46,54)(H,47,56)(H,48,51)/b9-8-,17-12-,21-13-,26-15-,31-30+/t32-,33-,34-,40+/m0/s1. The molecule has 2 aliphatic rings. The van der Waals surface area contributed by atoms with E-state index in [-0.39, 0.29) is 35.5 Å². The largest absolute Gasteiger partial charge is 0.490 e. The van der Waals surface area contributed by atoms with Gasteiger partial charge in [-0.1, -0.05) is 82.2 Å². The Labute approximate surface area is 348 Å². The monoisotopic (exact) mass is 821 g/mol. The van der Waals surface area contributed by atoms with Crippen molar-refractivity contribution in [3.8, 4) is 0 Å². The predicted octanol–water partition coefficient (Wildman–Crippen LogP) is 5.13. The second kappa shape index (κ2) is 26.3. The Bertz CT molecular complexity index is 1670. The number of ether oxygens (including phenoxy) is 3. The molecule has 0 saturated heterocycles. The maximum Gasteiger partial charge on any atom is 0.407 e. The molecule has 59 heavy (non-hydrogen) atoms. The minimum Gasteiger partial charge on any atom is -0.490 e. The van der Waals surface area contributed by atoms with Crippen molar-refractivity contribution in [1.82, 2.24) is 26.2 Å². The molecule has 15 nitrogen and oxygen atoms in total. The minimum atomic E-state index is -0.851. The molecule has 6 amide bonds. The molecule has 0 radical (unpaired) electrons. The molecule has 2 heterocycles. The van der Waals surface area contributed by atoms with Gasteiger partial charge in [-0.2, -0.15) is 0 Å². The number of nitrogens with one attached hydrogen (secondary N) is 4. The normalized spacial score (nSPS) is 17.6. The number of hydrogen-bond acceptors (Lipinski definition) is 10. The lowest BCUT2D eigenvalue weighted by Crippen LogP contribution is -2.52. The first-order valence-corrected chi connectivity index (χ1v) is 20.2. The van der Waals surface area contributed by atoms with Crippen molar-refractivity contribution >= 4 is 41.6 Å². The van der Waals surface area contributed by atoms with Gasteiger partial charge < -0.3 is 35.5 Å². The fraction of sp³-hybridized carbons (Fsp3) is 0.523. The summed E-state index contributed by atoms with van der Waals surface area (Å²) in [6.45, 7) is 12.3. The summed E-state index contributed by atoms with van der Waals surface area (Å²) >= 11 is 0. The molecule has 0 aromatic carbocycles. The van der Waals surface area contributed by atoms with E-state index in [0.717, 1.165) is 5.57 Å². The van der Waals surface area contributed by atoms with Gasteiger partial charge in [0.2, 0.25) is 17.7 Å². The lowest BCUT2D eigenvalue weighted by molar-refractivity contribution is -0.151. The maximum absolute atomic E-state index is 13.2. The molecule has 0 spiro atoms. The van der Waals surface area contributed by atoms with E-state index in [1.807, 2.05) is 65.8 Å². The van der Waals surface area contributed by atoms with Gasteiger partial charge in [-0.25, -0.2) is 9.59 Å². The van der Waals surface area contributed by atoms with E-state index in [9.17, 15) is 33.6 Å². The highest BCUT2D eigenvalue weighted by atomic mass is 16.6. The molecule has 4 N–H and O–H groups in total. The first-order chi connectivity index (χ1) is 28.0. The van der Waals surface area contributed by atoms with Crippen molar-refractivity contribution in [2.24, 2.45) is 11.3 Å². The quantitative estimate of drug-likeness (QED) is 0.0253. The van der Waals surface area contributed by atoms with E-state index in [1.54, 1.807) is 24.3 Å². The molecule has 0 unspecified atom stereocenters. The number of alkyl carbamates (subject to hydrolysis) is 1. The van der Waals surface area contributed by atoms with Crippen LogP contribution in [0.1, 0.15) is 92.9 Å². The zero-order chi connectivity index (χ0) is 43.8. The van der Waals surface area contributed by atoms with Crippen LogP contribution in [0.2, 0.25) is 0 Å². The predicted molar refractivity (Wildman–Crippen MR) is 224 cm³/mol. The number of carbonyl (C=O) groups is 7. The number of allylic oxidation sites excluding steroid dienone is 5. The van der Waals surface area contributed by atoms with Crippen molar-refractivity contribution in [3.05, 3.63) is 84.4 Å². The molecule has 2 rings (SSSR count). The molecule has 0 saturated carbocycles. The molecule has 0 bridgehead atoms. The molecule has 0 aromatic heterocycles. The summed E-state index contributed by atoms with van der Waals surface area (Å²) in [6.07, 6.45) is 22.3. The Morgan fingerprint density at radius 1 is 0.949 bits per heavy atom. The van der Waals surface area contributed by atoms with Crippen LogP contribution in [0, 0.1) is 11.3 Å². The topological polar surface area (TPSA) is 199 Å². The third kappa shape index (κ3) is 19.5. The van der Waals surface area contributed by atoms with E-state index in [1.165, 1.54) is 36.4 Å². The average molecular weight is 822 g/mol. The number of methoxy groups -OCH3 is 1. The Balaban J connectivity index is 1.73. The van der Waals surface area contributed by atoms with Gasteiger partial charge >= 0.3 is 12.1 Å². The van der Waals surface area contributed by atoms with Gasteiger partial charge in [0.15, 0.2) is 5.76 Å². The van der Waals surface area contributed by atoms with Crippen LogP contribution < -0.4 is 21.3 Å². The number of unbranched alkanes of at least 4 members (excludes halogenated alkanes) is 2. The second-order valence-electron chi connectivity index (χ2n) is 15.3. The molecular formula is C44H63N5O10. The van der Waals surface area contributed by atoms with Crippen molar-refractivity contribution < 1.29 is 47.8 Å². The number of amides is 6. The summed E-state index contributed by atoms with van der Waals surface area (Å²) in [5, 5.41) is 11.0. The third-order valence-corrected chi connectivity index (χ3v) is 9.24. The summed E-state index contributed by atoms with van der Waals surface area (Å²) in [5.74, 6) is -1.87. The number of carbonyl (C=O) groups excluding carboxylic acids is 7. The van der Waals surface area contributed by atoms with Crippen LogP contribution in [-0.4, -0.2) is 91.5 Å². The molecule has 2 aliphatic heterocycles. The number of nitrogens with zero attached hydrogens (tertiary/aromatic N) is 1. The van der Waals surface area contributed by atoms with Crippen LogP contribution >= 0.6 is 0 Å². The van der Waals surface area contributed by atoms with E-state index < -0.39 is 41.4 Å². The van der Waals surface area contributed by atoms with Gasteiger partial charge in [0, 0.05) is 69.5 Å². The van der Waals surface area contributed by atoms with Crippen LogP contribution in [0.3, 0.4) is 0 Å². The first kappa shape index (κ1) is 49.4. The molecule has 15 heteroatoms. The van der Waals surface area contributed by atoms with Gasteiger partial charge in [-0.05, 0) is 50.8 Å². The Morgan fingerprint density at radius 2 is 1.63 bits per heavy atom. The zero-order valence-corrected chi connectivity index (χ0v) is 35.5. The van der Waals surface area contributed by atoms with Crippen LogP contribution in [0.5, 0.6) is 0 Å². The van der Waals surface area contributed by atoms with Gasteiger partial charge in [0.25, 0.3) is 11.8 Å². The van der Waals surface area contributed by atoms with Crippen molar-refractivity contribution in [2.45, 2.75) is 111 Å². The molecular weight excluding hydrogens is 759 g/mol. The highest BCUT2D eigenvalue weighted by Gasteiger charge is 2.32. The maximum atomic E-state index is 13.2. The summed E-state index contributed by atoms with van der Waals surface area (Å²) < 4.78 is 16.0. The molecule has 324 valence electrons. The fourth-order valence-corrected chi connectivity index (χ4v) is 5.93. The first-order valence-electron chi connectivity index (χ1n) is 20.2. The molecule has 0 fully saturated rings. The average Bonchev–Trinajstić information content (AvgIpc) is 3.50. The van der Waals surface area contributed by atoms with E-state index in [4.69, 9.17) is 14.2 Å². The Kier molecular flexibility index (Phi) is 22.0. The number of esters is 1. The Hall–Kier alpha value is -5.73. The molecule has 0 aliphatic carbocycles. The summed E-state index contributed by atoms with van der Waals surface area (Å²) in [6, 6.07) is -0.851.